The number of para-hydroxylation sites is 2. The Labute approximate surface area is 125 Å². The van der Waals surface area contributed by atoms with Crippen molar-refractivity contribution in [3.05, 3.63) is 24.3 Å². The number of amides is 1. The van der Waals surface area contributed by atoms with Gasteiger partial charge in [-0.15, -0.1) is 0 Å². The molecular weight excluding hydrogens is 268 g/mol. The number of ether oxygens (including phenoxy) is 1. The zero-order chi connectivity index (χ0) is 15.6. The summed E-state index contributed by atoms with van der Waals surface area (Å²) in [5, 5.41) is 13.4. The van der Waals surface area contributed by atoms with Gasteiger partial charge in [-0.3, -0.25) is 4.79 Å². The van der Waals surface area contributed by atoms with Gasteiger partial charge < -0.3 is 20.1 Å². The summed E-state index contributed by atoms with van der Waals surface area (Å²) < 4.78 is 5.58. The second kappa shape index (κ2) is 6.03. The lowest BCUT2D eigenvalue weighted by Crippen LogP contribution is -2.50. The minimum atomic E-state index is -0.633. The standard InChI is InChI=1S/C16H24N2O3/c1-11-15(20)18(10-12(19)9-17-16(2,3)4)13-7-5-6-8-14(13)21-11/h5-8,11-12,17,19H,9-10H2,1-4H3. The summed E-state index contributed by atoms with van der Waals surface area (Å²) in [4.78, 5) is 13.9. The van der Waals surface area contributed by atoms with Gasteiger partial charge in [-0.05, 0) is 39.8 Å². The quantitative estimate of drug-likeness (QED) is 0.884. The van der Waals surface area contributed by atoms with Crippen LogP contribution in [0, 0.1) is 0 Å². The molecule has 2 atom stereocenters. The van der Waals surface area contributed by atoms with Crippen LogP contribution in [0.15, 0.2) is 24.3 Å². The Morgan fingerprint density at radius 3 is 2.71 bits per heavy atom. The lowest BCUT2D eigenvalue weighted by molar-refractivity contribution is -0.125. The van der Waals surface area contributed by atoms with Gasteiger partial charge >= 0.3 is 0 Å². The number of nitrogens with one attached hydrogen (secondary N) is 1. The van der Waals surface area contributed by atoms with Crippen LogP contribution in [0.2, 0.25) is 0 Å². The lowest BCUT2D eigenvalue weighted by atomic mass is 10.1. The molecule has 1 aromatic rings. The van der Waals surface area contributed by atoms with Crippen LogP contribution in [0.5, 0.6) is 5.75 Å². The predicted molar refractivity (Wildman–Crippen MR) is 82.6 cm³/mol. The van der Waals surface area contributed by atoms with Crippen molar-refractivity contribution in [2.24, 2.45) is 0 Å². The number of hydrogen-bond donors (Lipinski definition) is 2. The first-order valence-electron chi connectivity index (χ1n) is 7.28. The Hall–Kier alpha value is -1.59. The second-order valence-electron chi connectivity index (χ2n) is 6.46. The molecule has 0 aromatic heterocycles. The molecule has 2 rings (SSSR count). The van der Waals surface area contributed by atoms with E-state index in [1.165, 1.54) is 0 Å². The Balaban J connectivity index is 2.09. The van der Waals surface area contributed by atoms with Crippen molar-refractivity contribution in [1.82, 2.24) is 5.32 Å². The van der Waals surface area contributed by atoms with Gasteiger partial charge in [0.1, 0.15) is 5.75 Å². The normalized spacial score (nSPS) is 20.0. The number of carbonyl (C=O) groups excluding carboxylic acids is 1. The van der Waals surface area contributed by atoms with E-state index >= 15 is 0 Å². The highest BCUT2D eigenvalue weighted by molar-refractivity contribution is 5.99. The van der Waals surface area contributed by atoms with Crippen LogP contribution in [-0.4, -0.2) is 41.9 Å². The molecule has 0 saturated heterocycles. The monoisotopic (exact) mass is 292 g/mol. The van der Waals surface area contributed by atoms with Crippen molar-refractivity contribution < 1.29 is 14.6 Å². The van der Waals surface area contributed by atoms with Crippen molar-refractivity contribution in [2.75, 3.05) is 18.0 Å². The maximum atomic E-state index is 12.3. The smallest absolute Gasteiger partial charge is 0.267 e. The molecule has 116 valence electrons. The van der Waals surface area contributed by atoms with Crippen LogP contribution in [0.1, 0.15) is 27.7 Å². The minimum absolute atomic E-state index is 0.0683. The van der Waals surface area contributed by atoms with Crippen molar-refractivity contribution in [2.45, 2.75) is 45.4 Å². The fourth-order valence-electron chi connectivity index (χ4n) is 2.25. The van der Waals surface area contributed by atoms with Gasteiger partial charge in [-0.1, -0.05) is 12.1 Å². The summed E-state index contributed by atoms with van der Waals surface area (Å²) in [5.41, 5.74) is 0.650. The maximum absolute atomic E-state index is 12.3. The molecule has 0 radical (unpaired) electrons. The predicted octanol–water partition coefficient (Wildman–Crippen LogP) is 1.55. The Bertz CT molecular complexity index is 510. The third-order valence-electron chi connectivity index (χ3n) is 3.33. The van der Waals surface area contributed by atoms with E-state index in [-0.39, 0.29) is 18.0 Å². The summed E-state index contributed by atoms with van der Waals surface area (Å²) in [7, 11) is 0. The van der Waals surface area contributed by atoms with E-state index < -0.39 is 12.2 Å². The highest BCUT2D eigenvalue weighted by atomic mass is 16.5. The molecule has 0 saturated carbocycles. The van der Waals surface area contributed by atoms with Crippen LogP contribution in [0.4, 0.5) is 5.69 Å². The van der Waals surface area contributed by atoms with Crippen LogP contribution < -0.4 is 15.0 Å². The molecule has 1 heterocycles. The number of aliphatic hydroxyl groups is 1. The number of hydrogen-bond acceptors (Lipinski definition) is 4. The van der Waals surface area contributed by atoms with E-state index in [1.807, 2.05) is 45.0 Å². The van der Waals surface area contributed by atoms with Crippen LogP contribution >= 0.6 is 0 Å². The Kier molecular flexibility index (Phi) is 4.54. The van der Waals surface area contributed by atoms with Gasteiger partial charge in [-0.25, -0.2) is 0 Å². The maximum Gasteiger partial charge on any atom is 0.267 e. The van der Waals surface area contributed by atoms with Crippen LogP contribution in [0.25, 0.3) is 0 Å². The molecular formula is C16H24N2O3. The summed E-state index contributed by atoms with van der Waals surface area (Å²) in [6.45, 7) is 8.54. The Morgan fingerprint density at radius 2 is 2.05 bits per heavy atom. The number of aliphatic hydroxyl groups excluding tert-OH is 1. The molecule has 0 fully saturated rings. The van der Waals surface area contributed by atoms with Gasteiger partial charge in [0, 0.05) is 12.1 Å². The van der Waals surface area contributed by atoms with Crippen LogP contribution in [-0.2, 0) is 4.79 Å². The van der Waals surface area contributed by atoms with E-state index in [1.54, 1.807) is 11.8 Å². The molecule has 1 amide bonds. The van der Waals surface area contributed by atoms with E-state index in [4.69, 9.17) is 4.74 Å². The first-order chi connectivity index (χ1) is 9.78. The topological polar surface area (TPSA) is 61.8 Å². The highest BCUT2D eigenvalue weighted by Gasteiger charge is 2.32. The van der Waals surface area contributed by atoms with E-state index in [0.29, 0.717) is 12.3 Å². The van der Waals surface area contributed by atoms with Crippen molar-refractivity contribution in [3.8, 4) is 5.75 Å². The fraction of sp³-hybridized carbons (Fsp3) is 0.562. The van der Waals surface area contributed by atoms with Crippen molar-refractivity contribution in [3.63, 3.8) is 0 Å². The molecule has 21 heavy (non-hydrogen) atoms. The first-order valence-corrected chi connectivity index (χ1v) is 7.28. The summed E-state index contributed by atoms with van der Waals surface area (Å²) in [5.74, 6) is 0.559. The SMILES string of the molecule is CC1Oc2ccccc2N(CC(O)CNC(C)(C)C)C1=O. The number of benzene rings is 1. The molecule has 1 aromatic carbocycles. The van der Waals surface area contributed by atoms with Gasteiger partial charge in [-0.2, -0.15) is 0 Å². The largest absolute Gasteiger partial charge is 0.479 e. The zero-order valence-electron chi connectivity index (χ0n) is 13.1. The van der Waals surface area contributed by atoms with Gasteiger partial charge in [0.25, 0.3) is 5.91 Å². The number of rotatable bonds is 4. The Morgan fingerprint density at radius 1 is 1.38 bits per heavy atom. The lowest BCUT2D eigenvalue weighted by Gasteiger charge is -2.34. The number of nitrogens with zero attached hydrogens (tertiary/aromatic N) is 1. The third-order valence-corrected chi connectivity index (χ3v) is 3.33. The summed E-state index contributed by atoms with van der Waals surface area (Å²) in [6.07, 6.45) is -1.16. The molecule has 0 bridgehead atoms. The third kappa shape index (κ3) is 3.95. The summed E-state index contributed by atoms with van der Waals surface area (Å²) >= 11 is 0. The van der Waals surface area contributed by atoms with E-state index in [0.717, 1.165) is 5.69 Å². The number of carbonyl (C=O) groups is 1. The summed E-state index contributed by atoms with van der Waals surface area (Å²) in [6, 6.07) is 7.41. The highest BCUT2D eigenvalue weighted by Crippen LogP contribution is 2.33. The van der Waals surface area contributed by atoms with Gasteiger partial charge in [0.05, 0.1) is 18.3 Å². The molecule has 0 aliphatic carbocycles. The zero-order valence-corrected chi connectivity index (χ0v) is 13.1. The van der Waals surface area contributed by atoms with E-state index in [9.17, 15) is 9.90 Å². The van der Waals surface area contributed by atoms with Crippen LogP contribution in [0.3, 0.4) is 0 Å². The van der Waals surface area contributed by atoms with Crippen molar-refractivity contribution in [1.29, 1.82) is 0 Å². The first kappa shape index (κ1) is 15.8. The second-order valence-corrected chi connectivity index (χ2v) is 6.46. The molecule has 2 N–H and O–H groups in total. The van der Waals surface area contributed by atoms with Crippen molar-refractivity contribution >= 4 is 11.6 Å². The molecule has 0 spiro atoms. The number of anilines is 1. The van der Waals surface area contributed by atoms with E-state index in [2.05, 4.69) is 5.32 Å². The molecule has 1 aliphatic heterocycles. The average Bonchev–Trinajstić information content (AvgIpc) is 2.41. The number of fused-ring (bicyclic) bond motifs is 1. The number of β-amino-alcohol motifs (C(OH)–C–C–N with tert-alkyl or cyclic N) is 1. The molecule has 5 heteroatoms. The average molecular weight is 292 g/mol. The van der Waals surface area contributed by atoms with Gasteiger partial charge in [0.15, 0.2) is 6.10 Å². The van der Waals surface area contributed by atoms with Gasteiger partial charge in [0.2, 0.25) is 0 Å². The fourth-order valence-corrected chi connectivity index (χ4v) is 2.25. The molecule has 1 aliphatic rings. The molecule has 2 unspecified atom stereocenters. The minimum Gasteiger partial charge on any atom is -0.479 e. The molecule has 5 nitrogen and oxygen atoms in total.